The summed E-state index contributed by atoms with van der Waals surface area (Å²) in [5.41, 5.74) is 1.25. The zero-order valence-corrected chi connectivity index (χ0v) is 7.58. The molecule has 2 rings (SSSR count). The molecule has 0 aromatic heterocycles. The van der Waals surface area contributed by atoms with Crippen molar-refractivity contribution in [2.24, 2.45) is 0 Å². The van der Waals surface area contributed by atoms with Crippen LogP contribution in [-0.4, -0.2) is 0 Å². The van der Waals surface area contributed by atoms with Gasteiger partial charge in [0.15, 0.2) is 5.75 Å². The lowest BCUT2D eigenvalue weighted by Crippen LogP contribution is -1.82. The van der Waals surface area contributed by atoms with Crippen molar-refractivity contribution in [3.8, 4) is 5.75 Å². The second-order valence-corrected chi connectivity index (χ2v) is 3.12. The Morgan fingerprint density at radius 3 is 2.46 bits per heavy atom. The summed E-state index contributed by atoms with van der Waals surface area (Å²) in [7, 11) is 0. The molecule has 0 atom stereocenters. The van der Waals surface area contributed by atoms with Crippen LogP contribution < -0.4 is 0 Å². The number of hydrogen-bond acceptors (Lipinski definition) is 0. The predicted octanol–water partition coefficient (Wildman–Crippen LogP) is 3.55. The van der Waals surface area contributed by atoms with E-state index in [1.807, 2.05) is 24.3 Å². The van der Waals surface area contributed by atoms with Gasteiger partial charge in [-0.25, -0.2) is 0 Å². The summed E-state index contributed by atoms with van der Waals surface area (Å²) in [6.07, 6.45) is 0.973. The lowest BCUT2D eigenvalue weighted by molar-refractivity contribution is 0.360. The van der Waals surface area contributed by atoms with Crippen LogP contribution in [0.3, 0.4) is 0 Å². The van der Waals surface area contributed by atoms with E-state index in [0.29, 0.717) is 0 Å². The topological polar surface area (TPSA) is 19.9 Å². The third-order valence-corrected chi connectivity index (χ3v) is 2.35. The molecule has 13 heavy (non-hydrogen) atoms. The average Bonchev–Trinajstić information content (AvgIpc) is 2.18. The first-order chi connectivity index (χ1) is 6.33. The van der Waals surface area contributed by atoms with Crippen LogP contribution in [0.1, 0.15) is 12.5 Å². The van der Waals surface area contributed by atoms with Crippen molar-refractivity contribution in [3.05, 3.63) is 42.0 Å². The number of aryl methyl sites for hydroxylation is 1. The van der Waals surface area contributed by atoms with Gasteiger partial charge in [-0.15, -0.1) is 0 Å². The van der Waals surface area contributed by atoms with Gasteiger partial charge in [-0.1, -0.05) is 37.3 Å². The highest BCUT2D eigenvalue weighted by Gasteiger charge is 2.02. The van der Waals surface area contributed by atoms with Crippen LogP contribution in [-0.2, 0) is 11.5 Å². The molecule has 2 aromatic carbocycles. The van der Waals surface area contributed by atoms with Crippen LogP contribution in [0.15, 0.2) is 36.4 Å². The van der Waals surface area contributed by atoms with Gasteiger partial charge in [-0.05, 0) is 23.4 Å². The van der Waals surface area contributed by atoms with E-state index in [-0.39, 0.29) is 5.75 Å². The molecule has 0 unspecified atom stereocenters. The Labute approximate surface area is 77.6 Å². The fraction of sp³-hybridized carbons (Fsp3) is 0.167. The lowest BCUT2D eigenvalue weighted by Gasteiger charge is -2.03. The van der Waals surface area contributed by atoms with E-state index >= 15 is 0 Å². The summed E-state index contributed by atoms with van der Waals surface area (Å²) in [4.78, 5) is 0. The molecule has 0 saturated heterocycles. The smallest absolute Gasteiger partial charge is 0.186 e. The zero-order valence-electron chi connectivity index (χ0n) is 7.58. The van der Waals surface area contributed by atoms with Gasteiger partial charge in [-0.2, -0.15) is 0 Å². The van der Waals surface area contributed by atoms with Crippen molar-refractivity contribution in [1.82, 2.24) is 0 Å². The summed E-state index contributed by atoms with van der Waals surface area (Å²) in [6, 6.07) is 11.3. The third-order valence-electron chi connectivity index (χ3n) is 2.35. The summed E-state index contributed by atoms with van der Waals surface area (Å²) in [5.74, 6) is 0.118. The molecule has 2 aromatic rings. The van der Waals surface area contributed by atoms with Crippen molar-refractivity contribution in [3.63, 3.8) is 0 Å². The predicted molar refractivity (Wildman–Crippen MR) is 53.5 cm³/mol. The first-order valence-electron chi connectivity index (χ1n) is 4.50. The highest BCUT2D eigenvalue weighted by atomic mass is 16.3. The molecule has 1 heteroatoms. The Kier molecular flexibility index (Phi) is 1.93. The minimum Gasteiger partial charge on any atom is -0.289 e. The molecule has 0 bridgehead atoms. The van der Waals surface area contributed by atoms with Gasteiger partial charge in [0.1, 0.15) is 0 Å². The lowest BCUT2D eigenvalue weighted by atomic mass is 10.0. The molecule has 1 nitrogen and oxygen atoms in total. The maximum atomic E-state index is 11.4. The van der Waals surface area contributed by atoms with Crippen molar-refractivity contribution in [2.75, 3.05) is 0 Å². The number of rotatable bonds is 1. The van der Waals surface area contributed by atoms with Crippen LogP contribution in [0.2, 0.25) is 0 Å². The quantitative estimate of drug-likeness (QED) is 0.625. The van der Waals surface area contributed by atoms with Gasteiger partial charge in [0.2, 0.25) is 0 Å². The number of fused-ring (bicyclic) bond motifs is 1. The largest absolute Gasteiger partial charge is 0.289 e. The molecule has 0 spiro atoms. The van der Waals surface area contributed by atoms with E-state index in [9.17, 15) is 5.11 Å². The van der Waals surface area contributed by atoms with Crippen LogP contribution in [0, 0.1) is 0 Å². The van der Waals surface area contributed by atoms with Crippen molar-refractivity contribution in [1.29, 1.82) is 0 Å². The summed E-state index contributed by atoms with van der Waals surface area (Å²) in [5, 5.41) is 13.4. The fourth-order valence-corrected chi connectivity index (χ4v) is 1.65. The molecule has 0 fully saturated rings. The van der Waals surface area contributed by atoms with E-state index < -0.39 is 0 Å². The highest BCUT2D eigenvalue weighted by molar-refractivity contribution is 5.90. The number of benzene rings is 2. The first kappa shape index (κ1) is 8.11. The van der Waals surface area contributed by atoms with E-state index in [2.05, 4.69) is 13.0 Å². The summed E-state index contributed by atoms with van der Waals surface area (Å²) >= 11 is 0. The van der Waals surface area contributed by atoms with Gasteiger partial charge in [0, 0.05) is 5.39 Å². The van der Waals surface area contributed by atoms with Gasteiger partial charge < -0.3 is 0 Å². The Bertz CT molecular complexity index is 432. The normalized spacial score (nSPS) is 10.5. The van der Waals surface area contributed by atoms with Gasteiger partial charge >= 0.3 is 0 Å². The van der Waals surface area contributed by atoms with Crippen molar-refractivity contribution in [2.45, 2.75) is 13.3 Å². The summed E-state index contributed by atoms with van der Waals surface area (Å²) < 4.78 is 0. The average molecular weight is 171 g/mol. The molecule has 0 aliphatic rings. The Morgan fingerprint density at radius 1 is 1.00 bits per heavy atom. The second kappa shape index (κ2) is 3.09. The molecular weight excluding hydrogens is 160 g/mol. The molecule has 0 aliphatic heterocycles. The molecular formula is C12H11O. The van der Waals surface area contributed by atoms with Crippen molar-refractivity contribution < 1.29 is 5.11 Å². The molecule has 0 saturated carbocycles. The minimum absolute atomic E-state index is 0.118. The van der Waals surface area contributed by atoms with Gasteiger partial charge in [0.05, 0.1) is 0 Å². The van der Waals surface area contributed by atoms with Gasteiger partial charge in [-0.3, -0.25) is 5.11 Å². The molecule has 0 N–H and O–H groups in total. The van der Waals surface area contributed by atoms with Crippen LogP contribution in [0.5, 0.6) is 5.75 Å². The van der Waals surface area contributed by atoms with E-state index in [1.54, 1.807) is 6.07 Å². The van der Waals surface area contributed by atoms with E-state index in [0.717, 1.165) is 17.2 Å². The Morgan fingerprint density at radius 2 is 1.69 bits per heavy atom. The van der Waals surface area contributed by atoms with E-state index in [4.69, 9.17) is 0 Å². The number of hydrogen-bond donors (Lipinski definition) is 0. The van der Waals surface area contributed by atoms with E-state index in [1.165, 1.54) is 5.56 Å². The van der Waals surface area contributed by atoms with Crippen LogP contribution in [0.4, 0.5) is 0 Å². The maximum Gasteiger partial charge on any atom is 0.186 e. The molecule has 0 heterocycles. The first-order valence-corrected chi connectivity index (χ1v) is 4.50. The Balaban J connectivity index is 2.84. The molecule has 0 amide bonds. The standard InChI is InChI=1S/C12H11O/c1-2-9-5-3-7-11-10(9)6-4-8-12(11)13/h3-8H,2H2,1H3. The van der Waals surface area contributed by atoms with Crippen molar-refractivity contribution >= 4 is 10.8 Å². The Hall–Kier alpha value is -1.50. The monoisotopic (exact) mass is 171 g/mol. The molecule has 65 valence electrons. The second-order valence-electron chi connectivity index (χ2n) is 3.12. The maximum absolute atomic E-state index is 11.4. The highest BCUT2D eigenvalue weighted by Crippen LogP contribution is 2.27. The SMILES string of the molecule is CCc1cccc2c([O])cccc12. The third kappa shape index (κ3) is 1.26. The molecule has 0 aliphatic carbocycles. The van der Waals surface area contributed by atoms with Crippen LogP contribution in [0.25, 0.3) is 10.8 Å². The van der Waals surface area contributed by atoms with Crippen LogP contribution >= 0.6 is 0 Å². The zero-order chi connectivity index (χ0) is 9.26. The van der Waals surface area contributed by atoms with Gasteiger partial charge in [0.25, 0.3) is 0 Å². The minimum atomic E-state index is 0.118. The summed E-state index contributed by atoms with van der Waals surface area (Å²) in [6.45, 7) is 2.10. The molecule has 1 radical (unpaired) electrons. The fourth-order valence-electron chi connectivity index (χ4n) is 1.65.